The average Bonchev–Trinajstić information content (AvgIpc) is 2.75. The van der Waals surface area contributed by atoms with Crippen molar-refractivity contribution in [3.8, 4) is 0 Å². The van der Waals surface area contributed by atoms with E-state index >= 15 is 0 Å². The van der Waals surface area contributed by atoms with Gasteiger partial charge in [0.15, 0.2) is 0 Å². The summed E-state index contributed by atoms with van der Waals surface area (Å²) >= 11 is 2.17. The Morgan fingerprint density at radius 2 is 1.72 bits per heavy atom. The van der Waals surface area contributed by atoms with Crippen LogP contribution >= 0.6 is 22.6 Å². The van der Waals surface area contributed by atoms with Crippen LogP contribution in [0.1, 0.15) is 11.1 Å². The highest BCUT2D eigenvalue weighted by molar-refractivity contribution is 14.1. The summed E-state index contributed by atoms with van der Waals surface area (Å²) in [6, 6.07) is 13.9. The van der Waals surface area contributed by atoms with Gasteiger partial charge in [0.2, 0.25) is 0 Å². The number of anilines is 1. The fourth-order valence-corrected chi connectivity index (χ4v) is 3.12. The molecule has 2 aromatic rings. The monoisotopic (exact) mass is 353 g/mol. The van der Waals surface area contributed by atoms with Crippen LogP contribution in [0.4, 0.5) is 10.1 Å². The smallest absolute Gasteiger partial charge is 0.124 e. The Bertz CT molecular complexity index is 557. The van der Waals surface area contributed by atoms with Crippen LogP contribution in [0.5, 0.6) is 0 Å². The van der Waals surface area contributed by atoms with Crippen molar-refractivity contribution in [1.29, 1.82) is 0 Å². The van der Waals surface area contributed by atoms with Crippen LogP contribution in [0.15, 0.2) is 42.5 Å². The highest BCUT2D eigenvalue weighted by Gasteiger charge is 2.21. The second-order valence-electron chi connectivity index (χ2n) is 4.64. The van der Waals surface area contributed by atoms with E-state index in [1.807, 2.05) is 6.07 Å². The van der Waals surface area contributed by atoms with Crippen molar-refractivity contribution < 1.29 is 4.39 Å². The third-order valence-corrected chi connectivity index (χ3v) is 4.23. The van der Waals surface area contributed by atoms with E-state index in [1.165, 1.54) is 17.2 Å². The van der Waals surface area contributed by atoms with Gasteiger partial charge in [-0.2, -0.15) is 0 Å². The molecule has 0 aliphatic heterocycles. The van der Waals surface area contributed by atoms with Crippen molar-refractivity contribution in [2.45, 2.75) is 18.9 Å². The Balaban J connectivity index is 1.76. The Kier molecular flexibility index (Phi) is 3.24. The zero-order valence-electron chi connectivity index (χ0n) is 9.79. The molecule has 1 nitrogen and oxygen atoms in total. The summed E-state index contributed by atoms with van der Waals surface area (Å²) in [7, 11) is 0. The minimum absolute atomic E-state index is 0.181. The molecule has 3 rings (SSSR count). The Hall–Kier alpha value is -1.10. The molecular weight excluding hydrogens is 340 g/mol. The van der Waals surface area contributed by atoms with Crippen molar-refractivity contribution in [1.82, 2.24) is 0 Å². The zero-order chi connectivity index (χ0) is 12.5. The van der Waals surface area contributed by atoms with Crippen molar-refractivity contribution >= 4 is 28.3 Å². The largest absolute Gasteiger partial charge is 0.381 e. The summed E-state index contributed by atoms with van der Waals surface area (Å²) < 4.78 is 14.0. The van der Waals surface area contributed by atoms with Gasteiger partial charge in [0, 0.05) is 15.3 Å². The summed E-state index contributed by atoms with van der Waals surface area (Å²) in [5, 5.41) is 3.51. The number of halogens is 2. The maximum absolute atomic E-state index is 13.0. The maximum atomic E-state index is 13.0. The summed E-state index contributed by atoms with van der Waals surface area (Å²) in [6.07, 6.45) is 2.09. The maximum Gasteiger partial charge on any atom is 0.124 e. The molecule has 92 valence electrons. The van der Waals surface area contributed by atoms with E-state index in [1.54, 1.807) is 6.07 Å². The lowest BCUT2D eigenvalue weighted by atomic mass is 10.1. The van der Waals surface area contributed by atoms with E-state index in [-0.39, 0.29) is 5.82 Å². The number of benzene rings is 2. The van der Waals surface area contributed by atoms with Crippen molar-refractivity contribution in [2.24, 2.45) is 0 Å². The number of rotatable bonds is 2. The third-order valence-electron chi connectivity index (χ3n) is 3.34. The highest BCUT2D eigenvalue weighted by Crippen LogP contribution is 2.26. The number of hydrogen-bond donors (Lipinski definition) is 1. The lowest BCUT2D eigenvalue weighted by molar-refractivity contribution is 0.626. The van der Waals surface area contributed by atoms with Crippen molar-refractivity contribution in [3.05, 3.63) is 63.0 Å². The summed E-state index contributed by atoms with van der Waals surface area (Å²) in [5.41, 5.74) is 3.87. The third kappa shape index (κ3) is 2.36. The molecule has 0 aromatic heterocycles. The number of nitrogens with one attached hydrogen (secondary N) is 1. The van der Waals surface area contributed by atoms with Crippen LogP contribution in [-0.4, -0.2) is 6.04 Å². The lowest BCUT2D eigenvalue weighted by Crippen LogP contribution is -2.20. The first-order chi connectivity index (χ1) is 8.72. The molecule has 0 atom stereocenters. The quantitative estimate of drug-likeness (QED) is 0.805. The number of fused-ring (bicyclic) bond motifs is 1. The van der Waals surface area contributed by atoms with Crippen LogP contribution < -0.4 is 5.32 Å². The molecule has 0 radical (unpaired) electrons. The molecule has 3 heteroatoms. The zero-order valence-corrected chi connectivity index (χ0v) is 11.9. The molecule has 1 aliphatic rings. The van der Waals surface area contributed by atoms with Gasteiger partial charge in [0.1, 0.15) is 5.82 Å². The van der Waals surface area contributed by atoms with E-state index < -0.39 is 0 Å². The summed E-state index contributed by atoms with van der Waals surface area (Å²) in [4.78, 5) is 0. The van der Waals surface area contributed by atoms with Crippen LogP contribution in [0.25, 0.3) is 0 Å². The molecular formula is C15H13FIN. The van der Waals surface area contributed by atoms with E-state index in [9.17, 15) is 4.39 Å². The van der Waals surface area contributed by atoms with E-state index in [2.05, 4.69) is 52.2 Å². The second-order valence-corrected chi connectivity index (χ2v) is 5.80. The van der Waals surface area contributed by atoms with Crippen LogP contribution in [0, 0.1) is 9.39 Å². The Morgan fingerprint density at radius 1 is 1.06 bits per heavy atom. The molecule has 0 bridgehead atoms. The van der Waals surface area contributed by atoms with Gasteiger partial charge in [-0.25, -0.2) is 4.39 Å². The predicted molar refractivity (Wildman–Crippen MR) is 80.4 cm³/mol. The van der Waals surface area contributed by atoms with Crippen LogP contribution in [0.2, 0.25) is 0 Å². The van der Waals surface area contributed by atoms with Gasteiger partial charge in [-0.05, 0) is 64.8 Å². The molecule has 0 saturated heterocycles. The van der Waals surface area contributed by atoms with Crippen molar-refractivity contribution in [3.63, 3.8) is 0 Å². The molecule has 1 N–H and O–H groups in total. The number of hydrogen-bond acceptors (Lipinski definition) is 1. The molecule has 1 aliphatic carbocycles. The fourth-order valence-electron chi connectivity index (χ4n) is 2.49. The van der Waals surface area contributed by atoms with Gasteiger partial charge in [-0.15, -0.1) is 0 Å². The first kappa shape index (κ1) is 12.0. The first-order valence-corrected chi connectivity index (χ1v) is 7.08. The average molecular weight is 353 g/mol. The minimum atomic E-state index is -0.181. The van der Waals surface area contributed by atoms with Gasteiger partial charge < -0.3 is 5.32 Å². The standard InChI is InChI=1S/C15H13FIN/c16-12-5-6-15(14(17)9-12)18-13-7-10-3-1-2-4-11(10)8-13/h1-6,9,13,18H,7-8H2. The molecule has 2 aromatic carbocycles. The van der Waals surface area contributed by atoms with E-state index in [0.717, 1.165) is 22.1 Å². The minimum Gasteiger partial charge on any atom is -0.381 e. The molecule has 0 spiro atoms. The second kappa shape index (κ2) is 4.88. The summed E-state index contributed by atoms with van der Waals surface area (Å²) in [6.45, 7) is 0. The van der Waals surface area contributed by atoms with Gasteiger partial charge >= 0.3 is 0 Å². The van der Waals surface area contributed by atoms with E-state index in [4.69, 9.17) is 0 Å². The van der Waals surface area contributed by atoms with Crippen molar-refractivity contribution in [2.75, 3.05) is 5.32 Å². The first-order valence-electron chi connectivity index (χ1n) is 6.01. The predicted octanol–water partition coefficient (Wildman–Crippen LogP) is 4.01. The van der Waals surface area contributed by atoms with Gasteiger partial charge in [-0.1, -0.05) is 24.3 Å². The molecule has 18 heavy (non-hydrogen) atoms. The Labute approximate surface area is 120 Å². The van der Waals surface area contributed by atoms with E-state index in [0.29, 0.717) is 6.04 Å². The molecule has 0 heterocycles. The van der Waals surface area contributed by atoms with Gasteiger partial charge in [0.05, 0.1) is 0 Å². The fraction of sp³-hybridized carbons (Fsp3) is 0.200. The normalized spacial score (nSPS) is 14.6. The summed E-state index contributed by atoms with van der Waals surface area (Å²) in [5.74, 6) is -0.181. The molecule has 0 amide bonds. The van der Waals surface area contributed by atoms with Gasteiger partial charge in [-0.3, -0.25) is 0 Å². The highest BCUT2D eigenvalue weighted by atomic mass is 127. The topological polar surface area (TPSA) is 12.0 Å². The molecule has 0 saturated carbocycles. The SMILES string of the molecule is Fc1ccc(NC2Cc3ccccc3C2)c(I)c1. The van der Waals surface area contributed by atoms with Crippen LogP contribution in [-0.2, 0) is 12.8 Å². The van der Waals surface area contributed by atoms with Crippen LogP contribution in [0.3, 0.4) is 0 Å². The molecule has 0 unspecified atom stereocenters. The molecule has 0 fully saturated rings. The Morgan fingerprint density at radius 3 is 2.33 bits per heavy atom. The lowest BCUT2D eigenvalue weighted by Gasteiger charge is -2.15. The van der Waals surface area contributed by atoms with Gasteiger partial charge in [0.25, 0.3) is 0 Å².